The number of benzene rings is 2. The third kappa shape index (κ3) is 7.49. The SMILES string of the molecule is C=CC[C@@]1(C)C[C@H](c2cccc(Cl)c2)[C@@H](c2ccc(Cl)cc2)N([C@H](CC)CN)C1=O.O=C(O)C(F)(F)F. The lowest BCUT2D eigenvalue weighted by Crippen LogP contribution is -2.57. The van der Waals surface area contributed by atoms with Crippen LogP contribution in [0.3, 0.4) is 0 Å². The first-order chi connectivity index (χ1) is 17.3. The van der Waals surface area contributed by atoms with Gasteiger partial charge < -0.3 is 15.7 Å². The lowest BCUT2D eigenvalue weighted by molar-refractivity contribution is -0.192. The van der Waals surface area contributed by atoms with Crippen LogP contribution in [0.15, 0.2) is 61.2 Å². The lowest BCUT2D eigenvalue weighted by Gasteiger charge is -2.52. The first-order valence-electron chi connectivity index (χ1n) is 11.7. The fourth-order valence-electron chi connectivity index (χ4n) is 4.77. The van der Waals surface area contributed by atoms with E-state index in [4.69, 9.17) is 38.8 Å². The van der Waals surface area contributed by atoms with Crippen molar-refractivity contribution in [3.05, 3.63) is 82.4 Å². The van der Waals surface area contributed by atoms with E-state index in [1.54, 1.807) is 0 Å². The van der Waals surface area contributed by atoms with Crippen molar-refractivity contribution in [1.82, 2.24) is 4.90 Å². The van der Waals surface area contributed by atoms with Crippen LogP contribution in [0.25, 0.3) is 0 Å². The summed E-state index contributed by atoms with van der Waals surface area (Å²) in [7, 11) is 0. The summed E-state index contributed by atoms with van der Waals surface area (Å²) >= 11 is 12.5. The number of hydrogen-bond donors (Lipinski definition) is 2. The second-order valence-electron chi connectivity index (χ2n) is 9.23. The van der Waals surface area contributed by atoms with Crippen LogP contribution in [-0.2, 0) is 9.59 Å². The number of amides is 1. The number of carboxylic acids is 1. The molecule has 2 aromatic carbocycles. The first kappa shape index (κ1) is 30.7. The number of carbonyl (C=O) groups excluding carboxylic acids is 1. The molecule has 0 radical (unpaired) electrons. The van der Waals surface area contributed by atoms with Crippen LogP contribution >= 0.6 is 23.2 Å². The Morgan fingerprint density at radius 2 is 1.81 bits per heavy atom. The molecule has 202 valence electrons. The monoisotopic (exact) mass is 558 g/mol. The number of rotatable bonds is 7. The van der Waals surface area contributed by atoms with E-state index in [9.17, 15) is 18.0 Å². The van der Waals surface area contributed by atoms with E-state index in [2.05, 4.69) is 19.6 Å². The normalized spacial score (nSPS) is 22.6. The molecule has 1 aliphatic rings. The molecule has 2 aromatic rings. The highest BCUT2D eigenvalue weighted by Gasteiger charge is 2.50. The molecule has 1 amide bonds. The highest BCUT2D eigenvalue weighted by Crippen LogP contribution is 2.52. The third-order valence-electron chi connectivity index (χ3n) is 6.56. The molecule has 5 nitrogen and oxygen atoms in total. The summed E-state index contributed by atoms with van der Waals surface area (Å²) in [4.78, 5) is 24.8. The van der Waals surface area contributed by atoms with Gasteiger partial charge in [-0.25, -0.2) is 4.79 Å². The number of halogens is 5. The fraction of sp³-hybridized carbons (Fsp3) is 0.407. The van der Waals surface area contributed by atoms with E-state index in [0.717, 1.165) is 17.5 Å². The Kier molecular flexibility index (Phi) is 10.6. The molecule has 3 N–H and O–H groups in total. The van der Waals surface area contributed by atoms with Gasteiger partial charge in [-0.1, -0.05) is 67.4 Å². The predicted octanol–water partition coefficient (Wildman–Crippen LogP) is 7.00. The van der Waals surface area contributed by atoms with Gasteiger partial charge in [0.15, 0.2) is 0 Å². The van der Waals surface area contributed by atoms with Crippen LogP contribution in [0.5, 0.6) is 0 Å². The molecule has 1 saturated heterocycles. The minimum atomic E-state index is -5.08. The number of nitrogens with two attached hydrogens (primary N) is 1. The fourth-order valence-corrected chi connectivity index (χ4v) is 5.09. The molecule has 1 fully saturated rings. The Balaban J connectivity index is 0.000000604. The Morgan fingerprint density at radius 1 is 1.22 bits per heavy atom. The molecule has 10 heteroatoms. The molecule has 0 saturated carbocycles. The van der Waals surface area contributed by atoms with Crippen molar-refractivity contribution in [3.8, 4) is 0 Å². The standard InChI is InChI=1S/C25H30Cl2N2O.C2HF3O2/c1-4-13-25(3)15-22(18-7-6-8-20(27)14-18)23(17-9-11-19(26)12-10-17)29(24(25)30)21(5-2)16-28;3-2(4,5)1(6)7/h4,6-12,14,21-23H,1,5,13,15-16,28H2,2-3H3;(H,6,7)/t21-,22-,23-,25+;/m1./s1. The van der Waals surface area contributed by atoms with Crippen molar-refractivity contribution in [2.24, 2.45) is 11.1 Å². The number of carboxylic acid groups (broad SMARTS) is 1. The largest absolute Gasteiger partial charge is 0.490 e. The quantitative estimate of drug-likeness (QED) is 0.358. The first-order valence-corrected chi connectivity index (χ1v) is 12.5. The number of carbonyl (C=O) groups is 2. The summed E-state index contributed by atoms with van der Waals surface area (Å²) in [6.45, 7) is 8.45. The Labute approximate surface area is 225 Å². The van der Waals surface area contributed by atoms with Crippen LogP contribution in [0.4, 0.5) is 13.2 Å². The lowest BCUT2D eigenvalue weighted by atomic mass is 9.67. The molecule has 0 bridgehead atoms. The average molecular weight is 559 g/mol. The maximum Gasteiger partial charge on any atom is 0.490 e. The minimum absolute atomic E-state index is 0.0516. The van der Waals surface area contributed by atoms with Crippen molar-refractivity contribution < 1.29 is 27.9 Å². The molecule has 4 atom stereocenters. The predicted molar refractivity (Wildman–Crippen MR) is 140 cm³/mol. The summed E-state index contributed by atoms with van der Waals surface area (Å²) < 4.78 is 31.7. The van der Waals surface area contributed by atoms with Crippen molar-refractivity contribution in [3.63, 3.8) is 0 Å². The van der Waals surface area contributed by atoms with Crippen LogP contribution in [0.2, 0.25) is 10.0 Å². The topological polar surface area (TPSA) is 83.6 Å². The summed E-state index contributed by atoms with van der Waals surface area (Å²) in [6.07, 6.45) is -1.12. The van der Waals surface area contributed by atoms with Gasteiger partial charge in [0.25, 0.3) is 0 Å². The molecule has 1 aliphatic heterocycles. The Morgan fingerprint density at radius 3 is 2.27 bits per heavy atom. The van der Waals surface area contributed by atoms with Crippen molar-refractivity contribution in [2.75, 3.05) is 6.54 Å². The zero-order valence-electron chi connectivity index (χ0n) is 20.6. The highest BCUT2D eigenvalue weighted by molar-refractivity contribution is 6.30. The van der Waals surface area contributed by atoms with Crippen LogP contribution in [0, 0.1) is 5.41 Å². The number of alkyl halides is 3. The summed E-state index contributed by atoms with van der Waals surface area (Å²) in [5, 5.41) is 8.50. The van der Waals surface area contributed by atoms with Gasteiger partial charge in [-0.3, -0.25) is 4.79 Å². The molecule has 0 unspecified atom stereocenters. The molecule has 1 heterocycles. The summed E-state index contributed by atoms with van der Waals surface area (Å²) in [5.74, 6) is -2.54. The van der Waals surface area contributed by atoms with E-state index in [1.807, 2.05) is 60.4 Å². The van der Waals surface area contributed by atoms with Gasteiger partial charge in [0, 0.05) is 28.5 Å². The van der Waals surface area contributed by atoms with Crippen molar-refractivity contribution in [1.29, 1.82) is 0 Å². The van der Waals surface area contributed by atoms with Crippen LogP contribution < -0.4 is 5.73 Å². The number of hydrogen-bond acceptors (Lipinski definition) is 3. The number of likely N-dealkylation sites (tertiary alicyclic amines) is 1. The molecule has 3 rings (SSSR count). The van der Waals surface area contributed by atoms with E-state index in [0.29, 0.717) is 29.4 Å². The maximum atomic E-state index is 13.9. The van der Waals surface area contributed by atoms with Gasteiger partial charge in [0.05, 0.1) is 11.5 Å². The third-order valence-corrected chi connectivity index (χ3v) is 7.05. The zero-order chi connectivity index (χ0) is 28.0. The molecular formula is C27H31Cl2F3N2O3. The molecule has 0 aliphatic carbocycles. The smallest absolute Gasteiger partial charge is 0.475 e. The van der Waals surface area contributed by atoms with Crippen molar-refractivity contribution >= 4 is 35.1 Å². The molecular weight excluding hydrogens is 528 g/mol. The van der Waals surface area contributed by atoms with Gasteiger partial charge in [0.2, 0.25) is 5.91 Å². The number of nitrogens with zero attached hydrogens (tertiary/aromatic N) is 1. The van der Waals surface area contributed by atoms with E-state index in [1.165, 1.54) is 0 Å². The van der Waals surface area contributed by atoms with Crippen LogP contribution in [-0.4, -0.2) is 40.6 Å². The zero-order valence-corrected chi connectivity index (χ0v) is 22.2. The van der Waals surface area contributed by atoms with E-state index in [-0.39, 0.29) is 23.9 Å². The van der Waals surface area contributed by atoms with Crippen LogP contribution in [0.1, 0.15) is 56.2 Å². The molecule has 0 aromatic heterocycles. The second-order valence-corrected chi connectivity index (χ2v) is 10.1. The summed E-state index contributed by atoms with van der Waals surface area (Å²) in [6, 6.07) is 15.6. The van der Waals surface area contributed by atoms with Gasteiger partial charge in [-0.2, -0.15) is 13.2 Å². The molecule has 37 heavy (non-hydrogen) atoms. The molecule has 0 spiro atoms. The average Bonchev–Trinajstić information content (AvgIpc) is 2.83. The highest BCUT2D eigenvalue weighted by atomic mass is 35.5. The number of aliphatic carboxylic acids is 1. The van der Waals surface area contributed by atoms with E-state index >= 15 is 0 Å². The minimum Gasteiger partial charge on any atom is -0.475 e. The van der Waals surface area contributed by atoms with Gasteiger partial charge >= 0.3 is 12.1 Å². The van der Waals surface area contributed by atoms with Gasteiger partial charge in [-0.15, -0.1) is 6.58 Å². The van der Waals surface area contributed by atoms with E-state index < -0.39 is 17.6 Å². The number of allylic oxidation sites excluding steroid dienone is 1. The van der Waals surface area contributed by atoms with Gasteiger partial charge in [0.1, 0.15) is 0 Å². The maximum absolute atomic E-state index is 13.9. The Hall–Kier alpha value is -2.55. The van der Waals surface area contributed by atoms with Crippen molar-refractivity contribution in [2.45, 2.75) is 57.3 Å². The Bertz CT molecular complexity index is 1090. The number of piperidine rings is 1. The second kappa shape index (κ2) is 12.8. The summed E-state index contributed by atoms with van der Waals surface area (Å²) in [5.41, 5.74) is 7.80. The van der Waals surface area contributed by atoms with Gasteiger partial charge in [-0.05, 0) is 54.7 Å².